The summed E-state index contributed by atoms with van der Waals surface area (Å²) < 4.78 is 0. The van der Waals surface area contributed by atoms with Crippen molar-refractivity contribution in [1.82, 2.24) is 5.32 Å². The summed E-state index contributed by atoms with van der Waals surface area (Å²) in [5.74, 6) is 1.62. The number of aliphatic hydroxyl groups excluding tert-OH is 1. The van der Waals surface area contributed by atoms with Crippen LogP contribution in [0, 0.1) is 11.8 Å². The van der Waals surface area contributed by atoms with Gasteiger partial charge in [0.05, 0.1) is 0 Å². The van der Waals surface area contributed by atoms with E-state index in [1.165, 1.54) is 32.1 Å². The molecule has 2 N–H and O–H groups in total. The van der Waals surface area contributed by atoms with Crippen LogP contribution < -0.4 is 5.32 Å². The molecule has 0 amide bonds. The molecule has 1 saturated carbocycles. The zero-order chi connectivity index (χ0) is 11.3. The maximum atomic E-state index is 9.69. The van der Waals surface area contributed by atoms with Crippen LogP contribution in [0.2, 0.25) is 0 Å². The summed E-state index contributed by atoms with van der Waals surface area (Å²) in [6, 6.07) is 0.530. The van der Waals surface area contributed by atoms with Gasteiger partial charge in [0, 0.05) is 6.04 Å². The van der Waals surface area contributed by atoms with E-state index in [4.69, 9.17) is 0 Å². The van der Waals surface area contributed by atoms with Crippen LogP contribution in [-0.2, 0) is 0 Å². The molecule has 4 atom stereocenters. The van der Waals surface area contributed by atoms with Crippen LogP contribution in [-0.4, -0.2) is 17.4 Å². The number of nitrogens with one attached hydrogen (secondary N) is 1. The monoisotopic (exact) mass is 213 g/mol. The zero-order valence-corrected chi connectivity index (χ0v) is 10.5. The van der Waals surface area contributed by atoms with E-state index in [1.54, 1.807) is 0 Å². The first-order valence-electron chi connectivity index (χ1n) is 6.63. The van der Waals surface area contributed by atoms with Gasteiger partial charge >= 0.3 is 0 Å². The molecule has 2 heteroatoms. The van der Waals surface area contributed by atoms with Crippen LogP contribution in [0.4, 0.5) is 0 Å². The normalized spacial score (nSPS) is 30.4. The lowest BCUT2D eigenvalue weighted by atomic mass is 9.87. The van der Waals surface area contributed by atoms with Gasteiger partial charge in [-0.1, -0.05) is 40.0 Å². The molecule has 0 aromatic rings. The van der Waals surface area contributed by atoms with E-state index in [-0.39, 0.29) is 6.23 Å². The predicted molar refractivity (Wildman–Crippen MR) is 64.6 cm³/mol. The molecule has 0 aliphatic heterocycles. The van der Waals surface area contributed by atoms with E-state index in [9.17, 15) is 5.11 Å². The first-order valence-corrected chi connectivity index (χ1v) is 6.63. The molecular formula is C13H27NO. The summed E-state index contributed by atoms with van der Waals surface area (Å²) >= 11 is 0. The van der Waals surface area contributed by atoms with E-state index in [1.807, 2.05) is 6.92 Å². The average molecular weight is 213 g/mol. The molecular weight excluding hydrogens is 186 g/mol. The Bertz CT molecular complexity index is 172. The van der Waals surface area contributed by atoms with Gasteiger partial charge in [0.1, 0.15) is 6.23 Å². The number of rotatable bonds is 6. The van der Waals surface area contributed by atoms with Gasteiger partial charge in [-0.2, -0.15) is 0 Å². The smallest absolute Gasteiger partial charge is 0.104 e. The van der Waals surface area contributed by atoms with Gasteiger partial charge in [0.25, 0.3) is 0 Å². The van der Waals surface area contributed by atoms with E-state index in [2.05, 4.69) is 19.2 Å². The Morgan fingerprint density at radius 3 is 2.53 bits per heavy atom. The Hall–Kier alpha value is -0.0800. The van der Waals surface area contributed by atoms with E-state index in [0.717, 1.165) is 18.3 Å². The highest BCUT2D eigenvalue weighted by atomic mass is 16.3. The molecule has 0 heterocycles. The fourth-order valence-electron chi connectivity index (χ4n) is 2.87. The van der Waals surface area contributed by atoms with Crippen LogP contribution in [0.25, 0.3) is 0 Å². The molecule has 1 aliphatic carbocycles. The van der Waals surface area contributed by atoms with Crippen molar-refractivity contribution in [3.8, 4) is 0 Å². The molecule has 15 heavy (non-hydrogen) atoms. The molecule has 0 radical (unpaired) electrons. The Morgan fingerprint density at radius 2 is 2.07 bits per heavy atom. The second-order valence-electron chi connectivity index (χ2n) is 5.06. The van der Waals surface area contributed by atoms with Gasteiger partial charge in [-0.15, -0.1) is 0 Å². The van der Waals surface area contributed by atoms with Gasteiger partial charge in [-0.3, -0.25) is 5.32 Å². The largest absolute Gasteiger partial charge is 0.379 e. The Morgan fingerprint density at radius 1 is 1.33 bits per heavy atom. The Labute approximate surface area is 94.5 Å². The summed E-state index contributed by atoms with van der Waals surface area (Å²) in [6.07, 6.45) is 6.99. The van der Waals surface area contributed by atoms with Gasteiger partial charge in [-0.25, -0.2) is 0 Å². The number of hydrogen-bond acceptors (Lipinski definition) is 2. The molecule has 90 valence electrons. The predicted octanol–water partition coefficient (Wildman–Crippen LogP) is 2.91. The summed E-state index contributed by atoms with van der Waals surface area (Å²) in [5, 5.41) is 13.1. The van der Waals surface area contributed by atoms with Crippen molar-refractivity contribution in [2.45, 2.75) is 71.6 Å². The maximum absolute atomic E-state index is 9.69. The van der Waals surface area contributed by atoms with Crippen LogP contribution >= 0.6 is 0 Å². The minimum Gasteiger partial charge on any atom is -0.379 e. The van der Waals surface area contributed by atoms with Gasteiger partial charge in [0.2, 0.25) is 0 Å². The third-order valence-corrected chi connectivity index (χ3v) is 3.84. The molecule has 0 bridgehead atoms. The summed E-state index contributed by atoms with van der Waals surface area (Å²) in [5.41, 5.74) is 0. The quantitative estimate of drug-likeness (QED) is 0.665. The molecule has 1 rings (SSSR count). The lowest BCUT2D eigenvalue weighted by molar-refractivity contribution is 0.0963. The van der Waals surface area contributed by atoms with Crippen molar-refractivity contribution in [3.63, 3.8) is 0 Å². The second kappa shape index (κ2) is 6.49. The molecule has 0 aromatic carbocycles. The van der Waals surface area contributed by atoms with Crippen LogP contribution in [0.1, 0.15) is 59.3 Å². The third kappa shape index (κ3) is 3.76. The minimum atomic E-state index is -0.311. The molecule has 0 spiro atoms. The topological polar surface area (TPSA) is 32.3 Å². The Kier molecular flexibility index (Phi) is 5.62. The van der Waals surface area contributed by atoms with Gasteiger partial charge in [0.15, 0.2) is 0 Å². The molecule has 4 unspecified atom stereocenters. The summed E-state index contributed by atoms with van der Waals surface area (Å²) in [7, 11) is 0. The van der Waals surface area contributed by atoms with E-state index < -0.39 is 0 Å². The van der Waals surface area contributed by atoms with Crippen LogP contribution in [0.5, 0.6) is 0 Å². The average Bonchev–Trinajstić information content (AvgIpc) is 2.63. The van der Waals surface area contributed by atoms with Crippen molar-refractivity contribution in [3.05, 3.63) is 0 Å². The van der Waals surface area contributed by atoms with Crippen molar-refractivity contribution in [2.75, 3.05) is 0 Å². The van der Waals surface area contributed by atoms with Gasteiger partial charge in [-0.05, 0) is 31.1 Å². The lowest BCUT2D eigenvalue weighted by Crippen LogP contribution is -2.43. The molecule has 0 aromatic heterocycles. The first kappa shape index (κ1) is 13.0. The highest BCUT2D eigenvalue weighted by Crippen LogP contribution is 2.35. The minimum absolute atomic E-state index is 0.311. The zero-order valence-electron chi connectivity index (χ0n) is 10.5. The van der Waals surface area contributed by atoms with Crippen molar-refractivity contribution < 1.29 is 5.11 Å². The molecule has 2 nitrogen and oxygen atoms in total. The van der Waals surface area contributed by atoms with Crippen LogP contribution in [0.15, 0.2) is 0 Å². The van der Waals surface area contributed by atoms with Crippen molar-refractivity contribution in [2.24, 2.45) is 11.8 Å². The number of hydrogen-bond donors (Lipinski definition) is 2. The molecule has 1 aliphatic rings. The first-order chi connectivity index (χ1) is 7.19. The second-order valence-corrected chi connectivity index (χ2v) is 5.06. The van der Waals surface area contributed by atoms with Crippen molar-refractivity contribution >= 4 is 0 Å². The summed E-state index contributed by atoms with van der Waals surface area (Å²) in [4.78, 5) is 0. The number of aliphatic hydroxyl groups is 1. The molecule has 0 saturated heterocycles. The fraction of sp³-hybridized carbons (Fsp3) is 1.00. The molecule has 1 fully saturated rings. The maximum Gasteiger partial charge on any atom is 0.104 e. The SMILES string of the molecule is CCCC(NC(O)CC)C1CCCC1C. The standard InChI is InChI=1S/C13H27NO/c1-4-7-12(14-13(15)5-2)11-9-6-8-10(11)3/h10-15H,4-9H2,1-3H3. The summed E-state index contributed by atoms with van der Waals surface area (Å²) in [6.45, 7) is 6.62. The highest BCUT2D eigenvalue weighted by molar-refractivity contribution is 4.85. The Balaban J connectivity index is 2.48. The van der Waals surface area contributed by atoms with E-state index >= 15 is 0 Å². The lowest BCUT2D eigenvalue weighted by Gasteiger charge is -2.29. The van der Waals surface area contributed by atoms with Gasteiger partial charge < -0.3 is 5.11 Å². The van der Waals surface area contributed by atoms with Crippen LogP contribution in [0.3, 0.4) is 0 Å². The van der Waals surface area contributed by atoms with E-state index in [0.29, 0.717) is 6.04 Å². The fourth-order valence-corrected chi connectivity index (χ4v) is 2.87. The highest BCUT2D eigenvalue weighted by Gasteiger charge is 2.30. The van der Waals surface area contributed by atoms with Crippen molar-refractivity contribution in [1.29, 1.82) is 0 Å². The third-order valence-electron chi connectivity index (χ3n) is 3.84.